The van der Waals surface area contributed by atoms with Gasteiger partial charge >= 0.3 is 0 Å². The minimum Gasteiger partial charge on any atom is -0.394 e. The first-order chi connectivity index (χ1) is 7.07. The topological polar surface area (TPSA) is 49.5 Å². The molecule has 3 N–H and O–H groups in total. The standard InChI is InChI=1S/C12H26N2O/c1-3-11-5-8-14(9-11)7-4-6-12(2,13)10-15/h11,15H,3-10,13H2,1-2H3. The van der Waals surface area contributed by atoms with Gasteiger partial charge in [0.15, 0.2) is 0 Å². The number of nitrogens with zero attached hydrogens (tertiary/aromatic N) is 1. The largest absolute Gasteiger partial charge is 0.394 e. The van der Waals surface area contributed by atoms with E-state index >= 15 is 0 Å². The van der Waals surface area contributed by atoms with Crippen LogP contribution in [0.3, 0.4) is 0 Å². The minimum absolute atomic E-state index is 0.0879. The molecule has 0 aromatic rings. The highest BCUT2D eigenvalue weighted by Gasteiger charge is 2.22. The van der Waals surface area contributed by atoms with Gasteiger partial charge in [0, 0.05) is 12.1 Å². The molecule has 2 atom stereocenters. The van der Waals surface area contributed by atoms with Crippen molar-refractivity contribution in [3.05, 3.63) is 0 Å². The van der Waals surface area contributed by atoms with Crippen molar-refractivity contribution in [1.29, 1.82) is 0 Å². The Morgan fingerprint density at radius 1 is 1.53 bits per heavy atom. The zero-order valence-electron chi connectivity index (χ0n) is 10.2. The Kier molecular flexibility index (Phi) is 5.03. The number of aliphatic hydroxyl groups is 1. The second-order valence-electron chi connectivity index (χ2n) is 5.28. The molecule has 1 rings (SSSR count). The molecule has 3 heteroatoms. The Balaban J connectivity index is 2.11. The fourth-order valence-corrected chi connectivity index (χ4v) is 2.23. The number of aliphatic hydroxyl groups excluding tert-OH is 1. The Hall–Kier alpha value is -0.120. The van der Waals surface area contributed by atoms with Crippen molar-refractivity contribution < 1.29 is 5.11 Å². The number of hydrogen-bond acceptors (Lipinski definition) is 3. The van der Waals surface area contributed by atoms with Crippen LogP contribution in [0.25, 0.3) is 0 Å². The first-order valence-corrected chi connectivity index (χ1v) is 6.19. The summed E-state index contributed by atoms with van der Waals surface area (Å²) in [6, 6.07) is 0. The second-order valence-corrected chi connectivity index (χ2v) is 5.28. The maximum atomic E-state index is 9.03. The van der Waals surface area contributed by atoms with Gasteiger partial charge < -0.3 is 15.7 Å². The maximum absolute atomic E-state index is 9.03. The van der Waals surface area contributed by atoms with Gasteiger partial charge in [-0.15, -0.1) is 0 Å². The molecular formula is C12H26N2O. The van der Waals surface area contributed by atoms with E-state index in [0.717, 1.165) is 25.3 Å². The highest BCUT2D eigenvalue weighted by Crippen LogP contribution is 2.19. The fourth-order valence-electron chi connectivity index (χ4n) is 2.23. The molecule has 0 radical (unpaired) electrons. The van der Waals surface area contributed by atoms with E-state index < -0.39 is 0 Å². The highest BCUT2D eigenvalue weighted by molar-refractivity contribution is 4.79. The fraction of sp³-hybridized carbons (Fsp3) is 1.00. The molecule has 1 aliphatic rings. The van der Waals surface area contributed by atoms with E-state index in [1.165, 1.54) is 25.9 Å². The van der Waals surface area contributed by atoms with Crippen LogP contribution in [0.15, 0.2) is 0 Å². The van der Waals surface area contributed by atoms with E-state index in [-0.39, 0.29) is 12.1 Å². The number of likely N-dealkylation sites (tertiary alicyclic amines) is 1. The highest BCUT2D eigenvalue weighted by atomic mass is 16.3. The van der Waals surface area contributed by atoms with Crippen LogP contribution in [0.5, 0.6) is 0 Å². The van der Waals surface area contributed by atoms with Crippen LogP contribution in [0.4, 0.5) is 0 Å². The molecule has 0 aromatic heterocycles. The molecule has 1 aliphatic heterocycles. The summed E-state index contributed by atoms with van der Waals surface area (Å²) in [5.41, 5.74) is 5.50. The van der Waals surface area contributed by atoms with Crippen molar-refractivity contribution in [3.8, 4) is 0 Å². The molecule has 15 heavy (non-hydrogen) atoms. The molecule has 90 valence electrons. The molecule has 0 amide bonds. The second kappa shape index (κ2) is 5.83. The lowest BCUT2D eigenvalue weighted by Gasteiger charge is -2.23. The molecule has 0 bridgehead atoms. The summed E-state index contributed by atoms with van der Waals surface area (Å²) in [6.07, 6.45) is 4.68. The van der Waals surface area contributed by atoms with Gasteiger partial charge in [-0.2, -0.15) is 0 Å². The van der Waals surface area contributed by atoms with Gasteiger partial charge in [-0.1, -0.05) is 13.3 Å². The van der Waals surface area contributed by atoms with Crippen molar-refractivity contribution in [1.82, 2.24) is 4.90 Å². The molecule has 2 unspecified atom stereocenters. The van der Waals surface area contributed by atoms with Gasteiger partial charge in [-0.25, -0.2) is 0 Å². The zero-order valence-corrected chi connectivity index (χ0v) is 10.2. The van der Waals surface area contributed by atoms with Crippen LogP contribution in [-0.4, -0.2) is 41.8 Å². The van der Waals surface area contributed by atoms with E-state index in [9.17, 15) is 0 Å². The Bertz CT molecular complexity index is 182. The predicted molar refractivity (Wildman–Crippen MR) is 63.8 cm³/mol. The van der Waals surface area contributed by atoms with Crippen LogP contribution < -0.4 is 5.73 Å². The average Bonchev–Trinajstić information content (AvgIpc) is 2.66. The minimum atomic E-state index is -0.385. The quantitative estimate of drug-likeness (QED) is 0.698. The molecule has 0 aliphatic carbocycles. The smallest absolute Gasteiger partial charge is 0.0608 e. The number of rotatable bonds is 6. The third-order valence-electron chi connectivity index (χ3n) is 3.53. The third-order valence-corrected chi connectivity index (χ3v) is 3.53. The number of nitrogens with two attached hydrogens (primary N) is 1. The van der Waals surface area contributed by atoms with Crippen molar-refractivity contribution in [3.63, 3.8) is 0 Å². The van der Waals surface area contributed by atoms with Crippen molar-refractivity contribution >= 4 is 0 Å². The van der Waals surface area contributed by atoms with Crippen molar-refractivity contribution in [2.45, 2.75) is 45.1 Å². The summed E-state index contributed by atoms with van der Waals surface area (Å²) in [6.45, 7) is 7.94. The molecular weight excluding hydrogens is 188 g/mol. The predicted octanol–water partition coefficient (Wildman–Crippen LogP) is 1.21. The molecule has 1 heterocycles. The summed E-state index contributed by atoms with van der Waals surface area (Å²) < 4.78 is 0. The molecule has 0 aromatic carbocycles. The van der Waals surface area contributed by atoms with E-state index in [1.54, 1.807) is 0 Å². The third kappa shape index (κ3) is 4.49. The Labute approximate surface area is 93.6 Å². The van der Waals surface area contributed by atoms with Gasteiger partial charge in [0.25, 0.3) is 0 Å². The monoisotopic (exact) mass is 214 g/mol. The Morgan fingerprint density at radius 2 is 2.27 bits per heavy atom. The molecule has 1 fully saturated rings. The Morgan fingerprint density at radius 3 is 2.80 bits per heavy atom. The molecule has 3 nitrogen and oxygen atoms in total. The van der Waals surface area contributed by atoms with Gasteiger partial charge in [0.05, 0.1) is 6.61 Å². The average molecular weight is 214 g/mol. The van der Waals surface area contributed by atoms with Gasteiger partial charge in [-0.3, -0.25) is 0 Å². The van der Waals surface area contributed by atoms with Gasteiger partial charge in [-0.05, 0) is 45.2 Å². The SMILES string of the molecule is CCC1CCN(CCCC(C)(N)CO)C1. The molecule has 1 saturated heterocycles. The summed E-state index contributed by atoms with van der Waals surface area (Å²) in [5.74, 6) is 0.909. The molecule has 0 saturated carbocycles. The van der Waals surface area contributed by atoms with E-state index in [0.29, 0.717) is 0 Å². The van der Waals surface area contributed by atoms with Crippen LogP contribution >= 0.6 is 0 Å². The van der Waals surface area contributed by atoms with Crippen LogP contribution in [0, 0.1) is 5.92 Å². The van der Waals surface area contributed by atoms with Crippen LogP contribution in [0.2, 0.25) is 0 Å². The van der Waals surface area contributed by atoms with E-state index in [2.05, 4.69) is 11.8 Å². The van der Waals surface area contributed by atoms with Crippen molar-refractivity contribution in [2.24, 2.45) is 11.7 Å². The summed E-state index contributed by atoms with van der Waals surface area (Å²) in [4.78, 5) is 2.53. The maximum Gasteiger partial charge on any atom is 0.0608 e. The lowest BCUT2D eigenvalue weighted by Crippen LogP contribution is -2.40. The first-order valence-electron chi connectivity index (χ1n) is 6.19. The number of hydrogen-bond donors (Lipinski definition) is 2. The lowest BCUT2D eigenvalue weighted by atomic mass is 9.98. The van der Waals surface area contributed by atoms with Crippen molar-refractivity contribution in [2.75, 3.05) is 26.2 Å². The zero-order chi connectivity index (χ0) is 11.3. The summed E-state index contributed by atoms with van der Waals surface area (Å²) >= 11 is 0. The lowest BCUT2D eigenvalue weighted by molar-refractivity contribution is 0.191. The van der Waals surface area contributed by atoms with Crippen LogP contribution in [0.1, 0.15) is 39.5 Å². The van der Waals surface area contributed by atoms with Crippen LogP contribution in [-0.2, 0) is 0 Å². The van der Waals surface area contributed by atoms with E-state index in [1.807, 2.05) is 6.92 Å². The van der Waals surface area contributed by atoms with Gasteiger partial charge in [0.1, 0.15) is 0 Å². The summed E-state index contributed by atoms with van der Waals surface area (Å²) in [5, 5.41) is 9.03. The normalized spacial score (nSPS) is 26.8. The molecule has 0 spiro atoms. The first kappa shape index (κ1) is 12.9. The van der Waals surface area contributed by atoms with Gasteiger partial charge in [0.2, 0.25) is 0 Å². The summed E-state index contributed by atoms with van der Waals surface area (Å²) in [7, 11) is 0. The van der Waals surface area contributed by atoms with E-state index in [4.69, 9.17) is 10.8 Å².